The van der Waals surface area contributed by atoms with Gasteiger partial charge in [0.2, 0.25) is 0 Å². The lowest BCUT2D eigenvalue weighted by Crippen LogP contribution is -2.47. The molecule has 132 valence electrons. The average Bonchev–Trinajstić information content (AvgIpc) is 2.56. The molecule has 6 nitrogen and oxygen atoms in total. The van der Waals surface area contributed by atoms with E-state index in [2.05, 4.69) is 24.5 Å². The maximum Gasteiger partial charge on any atom is 0.313 e. The number of nitrogens with zero attached hydrogens (tertiary/aromatic N) is 1. The Hall–Kier alpha value is -2.11. The largest absolute Gasteiger partial charge is 0.345 e. The molecule has 0 aliphatic heterocycles. The van der Waals surface area contributed by atoms with Crippen molar-refractivity contribution in [3.05, 3.63) is 28.7 Å². The predicted octanol–water partition coefficient (Wildman–Crippen LogP) is 2.14. The fraction of sp³-hybridized carbons (Fsp3) is 0.611. The van der Waals surface area contributed by atoms with E-state index in [9.17, 15) is 14.4 Å². The molecule has 1 saturated carbocycles. The Kier molecular flexibility index (Phi) is 6.17. The first kappa shape index (κ1) is 18.2. The Bertz CT molecular complexity index is 651. The molecule has 0 radical (unpaired) electrons. The van der Waals surface area contributed by atoms with Crippen LogP contribution >= 0.6 is 0 Å². The van der Waals surface area contributed by atoms with Gasteiger partial charge < -0.3 is 15.2 Å². The topological polar surface area (TPSA) is 80.2 Å². The van der Waals surface area contributed by atoms with E-state index in [1.807, 2.05) is 6.92 Å². The smallest absolute Gasteiger partial charge is 0.313 e. The Labute approximate surface area is 142 Å². The SMILES string of the molecule is CCn1cc(NC(=O)C(=O)NC2CCCCC2C(C)C)ccc1=O. The van der Waals surface area contributed by atoms with Crippen molar-refractivity contribution in [2.75, 3.05) is 5.32 Å². The van der Waals surface area contributed by atoms with Crippen LogP contribution in [0.1, 0.15) is 46.5 Å². The number of nitrogens with one attached hydrogen (secondary N) is 2. The highest BCUT2D eigenvalue weighted by molar-refractivity contribution is 6.39. The summed E-state index contributed by atoms with van der Waals surface area (Å²) in [5, 5.41) is 5.46. The lowest BCUT2D eigenvalue weighted by atomic mass is 9.78. The van der Waals surface area contributed by atoms with Crippen molar-refractivity contribution in [2.45, 2.75) is 59.0 Å². The Balaban J connectivity index is 1.99. The average molecular weight is 333 g/mol. The lowest BCUT2D eigenvalue weighted by molar-refractivity contribution is -0.137. The zero-order chi connectivity index (χ0) is 17.7. The number of carbonyl (C=O) groups excluding carboxylic acids is 2. The molecule has 2 unspecified atom stereocenters. The molecule has 0 spiro atoms. The minimum Gasteiger partial charge on any atom is -0.345 e. The van der Waals surface area contributed by atoms with E-state index in [4.69, 9.17) is 0 Å². The van der Waals surface area contributed by atoms with E-state index in [1.165, 1.54) is 23.1 Å². The highest BCUT2D eigenvalue weighted by Gasteiger charge is 2.30. The fourth-order valence-corrected chi connectivity index (χ4v) is 3.41. The number of amides is 2. The molecule has 0 bridgehead atoms. The second-order valence-corrected chi connectivity index (χ2v) is 6.77. The number of aryl methyl sites for hydroxylation is 1. The van der Waals surface area contributed by atoms with Crippen LogP contribution in [0.3, 0.4) is 0 Å². The van der Waals surface area contributed by atoms with Crippen LogP contribution in [-0.2, 0) is 16.1 Å². The second-order valence-electron chi connectivity index (χ2n) is 6.77. The van der Waals surface area contributed by atoms with Crippen LogP contribution < -0.4 is 16.2 Å². The first-order chi connectivity index (χ1) is 11.4. The van der Waals surface area contributed by atoms with Crippen molar-refractivity contribution in [1.82, 2.24) is 9.88 Å². The highest BCUT2D eigenvalue weighted by Crippen LogP contribution is 2.30. The van der Waals surface area contributed by atoms with Crippen LogP contribution in [0.5, 0.6) is 0 Å². The molecule has 2 rings (SSSR count). The first-order valence-corrected chi connectivity index (χ1v) is 8.74. The standard InChI is InChI=1S/C18H27N3O3/c1-4-21-11-13(9-10-16(21)22)19-17(23)18(24)20-15-8-6-5-7-14(15)12(2)3/h9-12,14-15H,4-8H2,1-3H3,(H,19,23)(H,20,24). The van der Waals surface area contributed by atoms with Gasteiger partial charge in [-0.05, 0) is 37.7 Å². The summed E-state index contributed by atoms with van der Waals surface area (Å²) < 4.78 is 1.48. The molecule has 24 heavy (non-hydrogen) atoms. The van der Waals surface area contributed by atoms with Crippen molar-refractivity contribution in [2.24, 2.45) is 11.8 Å². The molecule has 2 amide bonds. The monoisotopic (exact) mass is 333 g/mol. The number of aromatic nitrogens is 1. The maximum atomic E-state index is 12.2. The highest BCUT2D eigenvalue weighted by atomic mass is 16.2. The first-order valence-electron chi connectivity index (χ1n) is 8.74. The van der Waals surface area contributed by atoms with Crippen molar-refractivity contribution in [3.63, 3.8) is 0 Å². The van der Waals surface area contributed by atoms with Gasteiger partial charge in [-0.25, -0.2) is 0 Å². The Morgan fingerprint density at radius 1 is 1.21 bits per heavy atom. The maximum absolute atomic E-state index is 12.2. The van der Waals surface area contributed by atoms with E-state index in [-0.39, 0.29) is 11.6 Å². The van der Waals surface area contributed by atoms with Crippen molar-refractivity contribution in [3.8, 4) is 0 Å². The summed E-state index contributed by atoms with van der Waals surface area (Å²) in [6.45, 7) is 6.66. The van der Waals surface area contributed by atoms with Gasteiger partial charge in [0.05, 0.1) is 5.69 Å². The summed E-state index contributed by atoms with van der Waals surface area (Å²) >= 11 is 0. The number of carbonyl (C=O) groups is 2. The molecule has 6 heteroatoms. The summed E-state index contributed by atoms with van der Waals surface area (Å²) in [6.07, 6.45) is 5.82. The van der Waals surface area contributed by atoms with E-state index >= 15 is 0 Å². The van der Waals surface area contributed by atoms with Gasteiger partial charge in [-0.2, -0.15) is 0 Å². The molecule has 1 heterocycles. The molecular weight excluding hydrogens is 306 g/mol. The number of pyridine rings is 1. The fourth-order valence-electron chi connectivity index (χ4n) is 3.41. The number of hydrogen-bond acceptors (Lipinski definition) is 3. The molecule has 2 N–H and O–H groups in total. The lowest BCUT2D eigenvalue weighted by Gasteiger charge is -2.34. The van der Waals surface area contributed by atoms with Gasteiger partial charge >= 0.3 is 11.8 Å². The number of rotatable bonds is 4. The quantitative estimate of drug-likeness (QED) is 0.829. The van der Waals surface area contributed by atoms with Gasteiger partial charge in [-0.3, -0.25) is 14.4 Å². The van der Waals surface area contributed by atoms with Gasteiger partial charge in [0.15, 0.2) is 0 Å². The van der Waals surface area contributed by atoms with Crippen LogP contribution in [0.15, 0.2) is 23.1 Å². The minimum absolute atomic E-state index is 0.0570. The minimum atomic E-state index is -0.690. The molecule has 1 aromatic heterocycles. The molecular formula is C18H27N3O3. The summed E-state index contributed by atoms with van der Waals surface area (Å²) in [6, 6.07) is 2.95. The Morgan fingerprint density at radius 2 is 1.92 bits per heavy atom. The van der Waals surface area contributed by atoms with Gasteiger partial charge in [-0.15, -0.1) is 0 Å². The molecule has 1 fully saturated rings. The molecule has 1 aromatic rings. The zero-order valence-electron chi connectivity index (χ0n) is 14.7. The van der Waals surface area contributed by atoms with Gasteiger partial charge in [0.25, 0.3) is 5.56 Å². The number of hydrogen-bond donors (Lipinski definition) is 2. The van der Waals surface area contributed by atoms with Gasteiger partial charge in [0.1, 0.15) is 0 Å². The molecule has 2 atom stereocenters. The van der Waals surface area contributed by atoms with E-state index in [0.717, 1.165) is 19.3 Å². The molecule has 1 aliphatic rings. The molecule has 0 saturated heterocycles. The second kappa shape index (κ2) is 8.13. The summed E-state index contributed by atoms with van der Waals surface area (Å²) in [4.78, 5) is 35.9. The van der Waals surface area contributed by atoms with Crippen molar-refractivity contribution >= 4 is 17.5 Å². The third-order valence-electron chi connectivity index (χ3n) is 4.78. The molecule has 1 aliphatic carbocycles. The Morgan fingerprint density at radius 3 is 2.58 bits per heavy atom. The van der Waals surface area contributed by atoms with Gasteiger partial charge in [-0.1, -0.05) is 26.7 Å². The number of anilines is 1. The normalized spacial score (nSPS) is 20.7. The summed E-state index contributed by atoms with van der Waals surface area (Å²) in [7, 11) is 0. The molecule has 0 aromatic carbocycles. The zero-order valence-corrected chi connectivity index (χ0v) is 14.7. The third kappa shape index (κ3) is 4.46. The predicted molar refractivity (Wildman–Crippen MR) is 93.7 cm³/mol. The van der Waals surface area contributed by atoms with Crippen LogP contribution in [0.2, 0.25) is 0 Å². The van der Waals surface area contributed by atoms with Crippen molar-refractivity contribution in [1.29, 1.82) is 0 Å². The van der Waals surface area contributed by atoms with E-state index in [1.54, 1.807) is 6.20 Å². The van der Waals surface area contributed by atoms with Crippen LogP contribution in [-0.4, -0.2) is 22.4 Å². The summed E-state index contributed by atoms with van der Waals surface area (Å²) in [5.41, 5.74) is 0.308. The van der Waals surface area contributed by atoms with E-state index in [0.29, 0.717) is 24.1 Å². The van der Waals surface area contributed by atoms with Crippen LogP contribution in [0, 0.1) is 11.8 Å². The van der Waals surface area contributed by atoms with Crippen molar-refractivity contribution < 1.29 is 9.59 Å². The van der Waals surface area contributed by atoms with E-state index < -0.39 is 11.8 Å². The van der Waals surface area contributed by atoms with Gasteiger partial charge in [0, 0.05) is 24.8 Å². The van der Waals surface area contributed by atoms with Crippen LogP contribution in [0.4, 0.5) is 5.69 Å². The van der Waals surface area contributed by atoms with Crippen LogP contribution in [0.25, 0.3) is 0 Å². The summed E-state index contributed by atoms with van der Waals surface area (Å²) in [5.74, 6) is -0.407. The third-order valence-corrected chi connectivity index (χ3v) is 4.78.